The first-order valence-electron chi connectivity index (χ1n) is 3.86. The molecule has 0 heterocycles. The van der Waals surface area contributed by atoms with Crippen LogP contribution in [-0.2, 0) is 0 Å². The Morgan fingerprint density at radius 2 is 1.71 bits per heavy atom. The second kappa shape index (κ2) is 4.56. The van der Waals surface area contributed by atoms with Crippen molar-refractivity contribution in [2.75, 3.05) is 0 Å². The first-order valence-corrected chi connectivity index (χ1v) is 4.62. The summed E-state index contributed by atoms with van der Waals surface area (Å²) in [4.78, 5) is 30.8. The maximum atomic E-state index is 10.7. The number of carbonyl (C=O) groups excluding carboxylic acids is 2. The van der Waals surface area contributed by atoms with Gasteiger partial charge in [-0.2, -0.15) is 0 Å². The fourth-order valence-electron chi connectivity index (χ4n) is 1.15. The molecule has 0 unspecified atom stereocenters. The van der Waals surface area contributed by atoms with Crippen LogP contribution < -0.4 is 10.2 Å². The highest BCUT2D eigenvalue weighted by Crippen LogP contribution is 2.36. The van der Waals surface area contributed by atoms with Crippen molar-refractivity contribution in [3.63, 3.8) is 0 Å². The van der Waals surface area contributed by atoms with E-state index in [4.69, 9.17) is 23.2 Å². The molecule has 0 aliphatic heterocycles. The van der Waals surface area contributed by atoms with Crippen LogP contribution in [0.2, 0.25) is 10.0 Å². The maximum absolute atomic E-state index is 10.7. The quantitative estimate of drug-likeness (QED) is 0.548. The summed E-state index contributed by atoms with van der Waals surface area (Å²) in [6.45, 7) is 0. The summed E-state index contributed by atoms with van der Waals surface area (Å²) >= 11 is 10.9. The highest BCUT2D eigenvalue weighted by Gasteiger charge is 2.26. The topological polar surface area (TPSA) is 123 Å². The van der Waals surface area contributed by atoms with Crippen molar-refractivity contribution in [1.82, 2.24) is 0 Å². The van der Waals surface area contributed by atoms with Crippen LogP contribution in [0.5, 0.6) is 0 Å². The van der Waals surface area contributed by atoms with Crippen molar-refractivity contribution in [2.24, 2.45) is 0 Å². The Morgan fingerprint density at radius 1 is 1.18 bits per heavy atom. The van der Waals surface area contributed by atoms with Gasteiger partial charge in [-0.15, -0.1) is 0 Å². The Hall–Kier alpha value is -1.86. The van der Waals surface area contributed by atoms with E-state index in [1.54, 1.807) is 0 Å². The van der Waals surface area contributed by atoms with Gasteiger partial charge >= 0.3 is 0 Å². The molecule has 0 bridgehead atoms. The van der Waals surface area contributed by atoms with Crippen molar-refractivity contribution in [1.29, 1.82) is 0 Å². The molecule has 1 aromatic rings. The molecule has 0 saturated carbocycles. The minimum absolute atomic E-state index is 0.470. The zero-order chi connectivity index (χ0) is 13.3. The van der Waals surface area contributed by atoms with Crippen LogP contribution in [0.15, 0.2) is 6.07 Å². The molecule has 0 aliphatic rings. The lowest BCUT2D eigenvalue weighted by Crippen LogP contribution is -2.31. The van der Waals surface area contributed by atoms with Crippen molar-refractivity contribution < 1.29 is 24.7 Å². The van der Waals surface area contributed by atoms with E-state index in [9.17, 15) is 29.9 Å². The van der Waals surface area contributed by atoms with Gasteiger partial charge in [0.1, 0.15) is 5.02 Å². The molecular weight excluding hydrogens is 277 g/mol. The second-order valence-corrected chi connectivity index (χ2v) is 3.56. The highest BCUT2D eigenvalue weighted by molar-refractivity contribution is 6.44. The lowest BCUT2D eigenvalue weighted by molar-refractivity contribution is -0.385. The number of nitro groups is 1. The number of carboxylic acids is 2. The molecule has 0 spiro atoms. The minimum Gasteiger partial charge on any atom is -0.545 e. The predicted octanol–water partition coefficient (Wildman–Crippen LogP) is -0.371. The average molecular weight is 278 g/mol. The van der Waals surface area contributed by atoms with Gasteiger partial charge < -0.3 is 19.8 Å². The number of nitro benzene ring substituents is 1. The largest absolute Gasteiger partial charge is 0.545 e. The number of hydrogen-bond acceptors (Lipinski definition) is 6. The number of benzene rings is 1. The molecule has 0 fully saturated rings. The minimum atomic E-state index is -2.06. The van der Waals surface area contributed by atoms with E-state index in [-0.39, 0.29) is 0 Å². The molecule has 90 valence electrons. The zero-order valence-corrected chi connectivity index (χ0v) is 9.24. The van der Waals surface area contributed by atoms with E-state index in [1.807, 2.05) is 0 Å². The Morgan fingerprint density at radius 3 is 2.06 bits per heavy atom. The molecule has 0 radical (unpaired) electrons. The molecule has 0 atom stereocenters. The average Bonchev–Trinajstić information content (AvgIpc) is 2.19. The van der Waals surface area contributed by atoms with Gasteiger partial charge in [0, 0.05) is 5.56 Å². The molecule has 1 aromatic carbocycles. The first kappa shape index (κ1) is 13.2. The number of carbonyl (C=O) groups is 2. The van der Waals surface area contributed by atoms with E-state index in [1.165, 1.54) is 0 Å². The van der Waals surface area contributed by atoms with E-state index < -0.39 is 43.7 Å². The van der Waals surface area contributed by atoms with Crippen LogP contribution in [0.25, 0.3) is 0 Å². The molecule has 0 aliphatic carbocycles. The molecule has 17 heavy (non-hydrogen) atoms. The smallest absolute Gasteiger partial charge is 0.299 e. The lowest BCUT2D eigenvalue weighted by Gasteiger charge is -2.13. The van der Waals surface area contributed by atoms with Gasteiger partial charge in [-0.25, -0.2) is 0 Å². The van der Waals surface area contributed by atoms with E-state index >= 15 is 0 Å². The fourth-order valence-corrected chi connectivity index (χ4v) is 1.57. The second-order valence-electron chi connectivity index (χ2n) is 2.78. The number of rotatable bonds is 3. The van der Waals surface area contributed by atoms with Gasteiger partial charge in [-0.3, -0.25) is 10.1 Å². The van der Waals surface area contributed by atoms with E-state index in [0.29, 0.717) is 6.07 Å². The third-order valence-electron chi connectivity index (χ3n) is 1.80. The molecular formula is C8HCl2NO6-2. The number of carboxylic acid groups (broad SMARTS) is 2. The molecule has 7 nitrogen and oxygen atoms in total. The first-order chi connectivity index (χ1) is 7.77. The van der Waals surface area contributed by atoms with Gasteiger partial charge in [-0.1, -0.05) is 23.2 Å². The molecule has 0 N–H and O–H groups in total. The van der Waals surface area contributed by atoms with E-state index in [2.05, 4.69) is 0 Å². The lowest BCUT2D eigenvalue weighted by atomic mass is 10.1. The standard InChI is InChI=1S/C8H3Cl2NO6/c9-3-1-2(7(12)13)4(8(14)15)6(5(3)10)11(16)17/h1H,(H,12,13)(H,14,15)/p-2. The SMILES string of the molecule is O=C([O-])c1cc(Cl)c(Cl)c([N+](=O)[O-])c1C(=O)[O-]. The Labute approximate surface area is 103 Å². The normalized spacial score (nSPS) is 10.0. The van der Waals surface area contributed by atoms with Crippen LogP contribution in [0.4, 0.5) is 5.69 Å². The van der Waals surface area contributed by atoms with Crippen molar-refractivity contribution in [3.8, 4) is 0 Å². The van der Waals surface area contributed by atoms with Crippen molar-refractivity contribution >= 4 is 40.8 Å². The summed E-state index contributed by atoms with van der Waals surface area (Å²) in [5.74, 6) is -4.00. The summed E-state index contributed by atoms with van der Waals surface area (Å²) in [5, 5.41) is 30.8. The molecule has 0 amide bonds. The number of hydrogen-bond donors (Lipinski definition) is 0. The van der Waals surface area contributed by atoms with Crippen LogP contribution in [-0.4, -0.2) is 16.9 Å². The maximum Gasteiger partial charge on any atom is 0.299 e. The van der Waals surface area contributed by atoms with Crippen molar-refractivity contribution in [3.05, 3.63) is 37.4 Å². The zero-order valence-electron chi connectivity index (χ0n) is 7.73. The Kier molecular flexibility index (Phi) is 3.54. The van der Waals surface area contributed by atoms with Gasteiger partial charge in [0.25, 0.3) is 5.69 Å². The monoisotopic (exact) mass is 277 g/mol. The molecule has 9 heteroatoms. The number of halogens is 2. The summed E-state index contributed by atoms with van der Waals surface area (Å²) in [5.41, 5.74) is -3.28. The van der Waals surface area contributed by atoms with Gasteiger partial charge in [0.15, 0.2) is 0 Å². The summed E-state index contributed by atoms with van der Waals surface area (Å²) in [7, 11) is 0. The predicted molar refractivity (Wildman–Crippen MR) is 51.8 cm³/mol. The van der Waals surface area contributed by atoms with Crippen LogP contribution >= 0.6 is 23.2 Å². The highest BCUT2D eigenvalue weighted by atomic mass is 35.5. The Balaban J connectivity index is 3.83. The van der Waals surface area contributed by atoms with Crippen LogP contribution in [0.1, 0.15) is 20.7 Å². The molecule has 0 aromatic heterocycles. The molecule has 1 rings (SSSR count). The summed E-state index contributed by atoms with van der Waals surface area (Å²) in [6.07, 6.45) is 0. The summed E-state index contributed by atoms with van der Waals surface area (Å²) < 4.78 is 0. The van der Waals surface area contributed by atoms with Crippen LogP contribution in [0.3, 0.4) is 0 Å². The third-order valence-corrected chi connectivity index (χ3v) is 2.58. The number of aromatic carboxylic acids is 2. The van der Waals surface area contributed by atoms with E-state index in [0.717, 1.165) is 0 Å². The third kappa shape index (κ3) is 2.29. The van der Waals surface area contributed by atoms with Crippen molar-refractivity contribution in [2.45, 2.75) is 0 Å². The number of nitrogens with zero attached hydrogens (tertiary/aromatic N) is 1. The van der Waals surface area contributed by atoms with Gasteiger partial charge in [-0.05, 0) is 6.07 Å². The van der Waals surface area contributed by atoms with Crippen LogP contribution in [0, 0.1) is 10.1 Å². The Bertz CT molecular complexity index is 541. The fraction of sp³-hybridized carbons (Fsp3) is 0. The van der Waals surface area contributed by atoms with Gasteiger partial charge in [0.2, 0.25) is 0 Å². The summed E-state index contributed by atoms with van der Waals surface area (Å²) in [6, 6.07) is 0.650. The van der Waals surface area contributed by atoms with Gasteiger partial charge in [0.05, 0.1) is 27.4 Å². The molecule has 0 saturated heterocycles.